The second-order valence-corrected chi connectivity index (χ2v) is 9.21. The summed E-state index contributed by atoms with van der Waals surface area (Å²) in [5.74, 6) is 0.436. The highest BCUT2D eigenvalue weighted by Gasteiger charge is 2.24. The van der Waals surface area contributed by atoms with Crippen molar-refractivity contribution in [1.82, 2.24) is 18.9 Å². The number of fused-ring (bicyclic) bond motifs is 1. The highest BCUT2D eigenvalue weighted by atomic mass is 35.5. The van der Waals surface area contributed by atoms with E-state index in [1.807, 2.05) is 41.3 Å². The van der Waals surface area contributed by atoms with Crippen LogP contribution in [0.4, 0.5) is 5.82 Å². The lowest BCUT2D eigenvalue weighted by molar-refractivity contribution is 0.513. The van der Waals surface area contributed by atoms with Crippen LogP contribution in [-0.4, -0.2) is 24.1 Å². The molecule has 0 fully saturated rings. The minimum absolute atomic E-state index is 0.278. The Morgan fingerprint density at radius 2 is 1.73 bits per heavy atom. The van der Waals surface area contributed by atoms with E-state index < -0.39 is 0 Å². The Kier molecular flexibility index (Phi) is 7.50. The standard InChI is InChI=1S/C24H27Cl2N5O2/c1-2-3-4-11-30-22-20(13-21(26)28-22)23(32)31(24(30)33)12-5-6-18-14-27-29(16-18)15-17-7-9-19(25)10-8-17/h7-10,14,16H,2-6,11-13,15H2,1H3. The lowest BCUT2D eigenvalue weighted by Gasteiger charge is -2.14. The van der Waals surface area contributed by atoms with Crippen LogP contribution in [0.1, 0.15) is 49.3 Å². The molecule has 4 rings (SSSR count). The summed E-state index contributed by atoms with van der Waals surface area (Å²) in [6, 6.07) is 7.68. The van der Waals surface area contributed by atoms with Gasteiger partial charge in [-0.2, -0.15) is 5.10 Å². The van der Waals surface area contributed by atoms with Gasteiger partial charge >= 0.3 is 5.69 Å². The van der Waals surface area contributed by atoms with Gasteiger partial charge in [0.2, 0.25) is 0 Å². The number of unbranched alkanes of at least 4 members (excludes halogenated alkanes) is 2. The van der Waals surface area contributed by atoms with Gasteiger partial charge in [-0.3, -0.25) is 18.6 Å². The SMILES string of the molecule is CCCCCn1c2c(c(=O)n(CCCc3cnn(Cc4ccc(Cl)cc4)c3)c1=O)CC(Cl)=N2. The van der Waals surface area contributed by atoms with Crippen LogP contribution in [0.3, 0.4) is 0 Å². The predicted molar refractivity (Wildman–Crippen MR) is 132 cm³/mol. The average molecular weight is 488 g/mol. The molecule has 0 spiro atoms. The molecule has 1 aromatic carbocycles. The number of aromatic nitrogens is 4. The van der Waals surface area contributed by atoms with Gasteiger partial charge in [-0.25, -0.2) is 9.79 Å². The van der Waals surface area contributed by atoms with Crippen molar-refractivity contribution in [2.24, 2.45) is 4.99 Å². The molecule has 3 heterocycles. The van der Waals surface area contributed by atoms with Crippen molar-refractivity contribution in [3.05, 3.63) is 79.2 Å². The predicted octanol–water partition coefficient (Wildman–Crippen LogP) is 4.56. The third-order valence-electron chi connectivity index (χ3n) is 5.82. The molecule has 0 bridgehead atoms. The largest absolute Gasteiger partial charge is 0.332 e. The zero-order chi connectivity index (χ0) is 23.4. The Bertz CT molecular complexity index is 1270. The second kappa shape index (κ2) is 10.5. The molecule has 0 N–H and O–H groups in total. The number of hydrogen-bond donors (Lipinski definition) is 0. The summed E-state index contributed by atoms with van der Waals surface area (Å²) in [4.78, 5) is 30.4. The highest BCUT2D eigenvalue weighted by molar-refractivity contribution is 6.66. The zero-order valence-corrected chi connectivity index (χ0v) is 20.1. The molecule has 0 radical (unpaired) electrons. The Morgan fingerprint density at radius 1 is 0.970 bits per heavy atom. The Morgan fingerprint density at radius 3 is 2.48 bits per heavy atom. The van der Waals surface area contributed by atoms with Gasteiger partial charge in [-0.05, 0) is 42.5 Å². The summed E-state index contributed by atoms with van der Waals surface area (Å²) in [5, 5.41) is 5.49. The molecule has 0 atom stereocenters. The fourth-order valence-electron chi connectivity index (χ4n) is 4.09. The van der Waals surface area contributed by atoms with Gasteiger partial charge in [-0.1, -0.05) is 55.1 Å². The van der Waals surface area contributed by atoms with Crippen LogP contribution in [0.15, 0.2) is 51.2 Å². The lowest BCUT2D eigenvalue weighted by Crippen LogP contribution is -2.41. The number of benzene rings is 1. The minimum Gasteiger partial charge on any atom is -0.278 e. The number of hydrogen-bond acceptors (Lipinski definition) is 4. The molecule has 2 aromatic heterocycles. The van der Waals surface area contributed by atoms with Crippen molar-refractivity contribution in [2.45, 2.75) is 65.1 Å². The fourth-order valence-corrected chi connectivity index (χ4v) is 4.43. The van der Waals surface area contributed by atoms with Crippen LogP contribution in [0.5, 0.6) is 0 Å². The molecular weight excluding hydrogens is 461 g/mol. The maximum Gasteiger partial charge on any atom is 0.332 e. The Balaban J connectivity index is 1.45. The smallest absolute Gasteiger partial charge is 0.278 e. The molecule has 174 valence electrons. The molecular formula is C24H27Cl2N5O2. The number of halogens is 2. The van der Waals surface area contributed by atoms with E-state index in [2.05, 4.69) is 17.0 Å². The molecule has 0 amide bonds. The normalized spacial score (nSPS) is 12.8. The molecule has 3 aromatic rings. The molecule has 7 nitrogen and oxygen atoms in total. The number of nitrogens with zero attached hydrogens (tertiary/aromatic N) is 5. The molecule has 0 saturated carbocycles. The first-order valence-electron chi connectivity index (χ1n) is 11.3. The van der Waals surface area contributed by atoms with Gasteiger partial charge in [0.05, 0.1) is 18.3 Å². The van der Waals surface area contributed by atoms with Gasteiger partial charge in [0.1, 0.15) is 11.0 Å². The van der Waals surface area contributed by atoms with E-state index in [1.165, 1.54) is 4.57 Å². The average Bonchev–Trinajstić information content (AvgIpc) is 3.41. The monoisotopic (exact) mass is 487 g/mol. The molecule has 1 aliphatic heterocycles. The van der Waals surface area contributed by atoms with Gasteiger partial charge in [0.15, 0.2) is 0 Å². The molecule has 0 saturated heterocycles. The van der Waals surface area contributed by atoms with E-state index in [9.17, 15) is 9.59 Å². The zero-order valence-electron chi connectivity index (χ0n) is 18.6. The van der Waals surface area contributed by atoms with E-state index >= 15 is 0 Å². The highest BCUT2D eigenvalue weighted by Crippen LogP contribution is 2.24. The van der Waals surface area contributed by atoms with Crippen LogP contribution < -0.4 is 11.2 Å². The van der Waals surface area contributed by atoms with Gasteiger partial charge in [-0.15, -0.1) is 0 Å². The fraction of sp³-hybridized carbons (Fsp3) is 0.417. The molecule has 1 aliphatic rings. The van der Waals surface area contributed by atoms with Crippen molar-refractivity contribution in [3.63, 3.8) is 0 Å². The van der Waals surface area contributed by atoms with Crippen molar-refractivity contribution in [1.29, 1.82) is 0 Å². The van der Waals surface area contributed by atoms with Crippen molar-refractivity contribution in [3.8, 4) is 0 Å². The number of aryl methyl sites for hydroxylation is 1. The van der Waals surface area contributed by atoms with E-state index in [-0.39, 0.29) is 11.2 Å². The first-order chi connectivity index (χ1) is 16.0. The third-order valence-corrected chi connectivity index (χ3v) is 6.29. The van der Waals surface area contributed by atoms with Gasteiger partial charge in [0.25, 0.3) is 5.56 Å². The summed E-state index contributed by atoms with van der Waals surface area (Å²) < 4.78 is 4.83. The van der Waals surface area contributed by atoms with Crippen LogP contribution in [-0.2, 0) is 32.5 Å². The van der Waals surface area contributed by atoms with Crippen LogP contribution in [0.2, 0.25) is 5.02 Å². The summed E-state index contributed by atoms with van der Waals surface area (Å²) >= 11 is 12.1. The maximum atomic E-state index is 13.1. The van der Waals surface area contributed by atoms with Gasteiger partial charge < -0.3 is 0 Å². The van der Waals surface area contributed by atoms with E-state index in [1.54, 1.807) is 4.57 Å². The summed E-state index contributed by atoms with van der Waals surface area (Å²) in [7, 11) is 0. The van der Waals surface area contributed by atoms with E-state index in [0.29, 0.717) is 54.1 Å². The molecule has 0 aliphatic carbocycles. The van der Waals surface area contributed by atoms with E-state index in [0.717, 1.165) is 36.8 Å². The summed E-state index contributed by atoms with van der Waals surface area (Å²) in [5.41, 5.74) is 2.12. The Hall–Kier alpha value is -2.64. The maximum absolute atomic E-state index is 13.1. The Labute approximate surface area is 202 Å². The van der Waals surface area contributed by atoms with Crippen LogP contribution in [0, 0.1) is 0 Å². The molecule has 9 heteroatoms. The van der Waals surface area contributed by atoms with Gasteiger partial charge in [0, 0.05) is 30.7 Å². The summed E-state index contributed by atoms with van der Waals surface area (Å²) in [6.45, 7) is 3.66. The third kappa shape index (κ3) is 5.47. The van der Waals surface area contributed by atoms with Crippen LogP contribution in [0.25, 0.3) is 0 Å². The van der Waals surface area contributed by atoms with Crippen LogP contribution >= 0.6 is 23.2 Å². The van der Waals surface area contributed by atoms with Crippen molar-refractivity contribution >= 4 is 34.2 Å². The first kappa shape index (κ1) is 23.5. The minimum atomic E-state index is -0.302. The van der Waals surface area contributed by atoms with Crippen molar-refractivity contribution in [2.75, 3.05) is 0 Å². The number of rotatable bonds is 10. The molecule has 0 unspecified atom stereocenters. The quantitative estimate of drug-likeness (QED) is 0.393. The molecule has 33 heavy (non-hydrogen) atoms. The summed E-state index contributed by atoms with van der Waals surface area (Å²) in [6.07, 6.45) is 8.42. The second-order valence-electron chi connectivity index (χ2n) is 8.34. The first-order valence-corrected chi connectivity index (χ1v) is 12.1. The lowest BCUT2D eigenvalue weighted by atomic mass is 10.2. The number of aliphatic imine (C=N–C) groups is 1. The topological polar surface area (TPSA) is 74.2 Å². The van der Waals surface area contributed by atoms with Crippen molar-refractivity contribution < 1.29 is 0 Å². The van der Waals surface area contributed by atoms with E-state index in [4.69, 9.17) is 23.2 Å².